The topological polar surface area (TPSA) is 0 Å². The molecule has 1 atom stereocenters. The monoisotopic (exact) mass is 191 g/mol. The Morgan fingerprint density at radius 1 is 1.25 bits per heavy atom. The van der Waals surface area contributed by atoms with Crippen LogP contribution in [-0.2, 0) is 20.4 Å². The third kappa shape index (κ3) is 1.02. The molecule has 12 heavy (non-hydrogen) atoms. The Bertz CT molecular complexity index is 350. The van der Waals surface area contributed by atoms with Gasteiger partial charge in [-0.2, -0.15) is 0 Å². The fourth-order valence-corrected chi connectivity index (χ4v) is 2.46. The quantitative estimate of drug-likeness (QED) is 0.552. The van der Waals surface area contributed by atoms with E-state index in [9.17, 15) is 0 Å². The zero-order valence-electron chi connectivity index (χ0n) is 7.39. The second-order valence-electron chi connectivity index (χ2n) is 3.37. The molecule has 1 aromatic carbocycles. The number of fused-ring (bicyclic) bond motifs is 1. The number of hydrogen-bond donors (Lipinski definition) is 0. The number of hydrogen-bond acceptors (Lipinski definition) is 0. The molecule has 0 amide bonds. The van der Waals surface area contributed by atoms with Crippen molar-refractivity contribution in [3.8, 4) is 0 Å². The molecule has 0 saturated carbocycles. The van der Waals surface area contributed by atoms with E-state index in [1.807, 2.05) is 0 Å². The van der Waals surface area contributed by atoms with Crippen molar-refractivity contribution < 1.29 is 20.4 Å². The van der Waals surface area contributed by atoms with E-state index in [0.717, 1.165) is 0 Å². The van der Waals surface area contributed by atoms with Gasteiger partial charge >= 0.3 is 85.0 Å². The van der Waals surface area contributed by atoms with Crippen molar-refractivity contribution in [3.63, 3.8) is 0 Å². The Balaban J connectivity index is 2.65. The van der Waals surface area contributed by atoms with Gasteiger partial charge in [-0.15, -0.1) is 0 Å². The van der Waals surface area contributed by atoms with Crippen molar-refractivity contribution in [1.82, 2.24) is 0 Å². The van der Waals surface area contributed by atoms with Gasteiger partial charge in [-0.3, -0.25) is 0 Å². The normalized spacial score (nSPS) is 21.2. The van der Waals surface area contributed by atoms with Crippen LogP contribution in [0.4, 0.5) is 0 Å². The van der Waals surface area contributed by atoms with Gasteiger partial charge in [-0.1, -0.05) is 0 Å². The fraction of sp³-hybridized carbons (Fsp3) is 0.273. The molecule has 0 spiro atoms. The number of benzene rings is 1. The molecule has 0 aliphatic heterocycles. The zero-order chi connectivity index (χ0) is 8.72. The molecule has 0 heterocycles. The Kier molecular flexibility index (Phi) is 1.98. The molecule has 0 fully saturated rings. The van der Waals surface area contributed by atoms with Gasteiger partial charge in [-0.05, 0) is 0 Å². The van der Waals surface area contributed by atoms with E-state index in [-0.39, 0.29) is 0 Å². The van der Waals surface area contributed by atoms with E-state index in [2.05, 4.69) is 58.5 Å². The summed E-state index contributed by atoms with van der Waals surface area (Å²) in [4.78, 5) is 0. The predicted molar refractivity (Wildman–Crippen MR) is 47.5 cm³/mol. The van der Waals surface area contributed by atoms with Gasteiger partial charge in [-0.25, -0.2) is 0 Å². The van der Waals surface area contributed by atoms with Crippen molar-refractivity contribution in [2.75, 3.05) is 0 Å². The second-order valence-corrected chi connectivity index (χ2v) is 4.15. The first-order chi connectivity index (χ1) is 5.72. The third-order valence-corrected chi connectivity index (χ3v) is 3.78. The van der Waals surface area contributed by atoms with Crippen LogP contribution >= 0.6 is 0 Å². The number of rotatable bonds is 0. The first kappa shape index (κ1) is 8.28. The Morgan fingerprint density at radius 3 is 2.58 bits per heavy atom. The minimum absolute atomic E-state index is 0.626. The predicted octanol–water partition coefficient (Wildman–Crippen LogP) is 3.08. The van der Waals surface area contributed by atoms with E-state index in [1.54, 1.807) is 0 Å². The summed E-state index contributed by atoms with van der Waals surface area (Å²) in [6.45, 7) is 4.52. The minimum atomic E-state index is 0.626. The summed E-state index contributed by atoms with van der Waals surface area (Å²) in [5.41, 5.74) is 4.46. The molecular formula is C11H11Ti. The van der Waals surface area contributed by atoms with Crippen LogP contribution in [0.1, 0.15) is 30.9 Å². The van der Waals surface area contributed by atoms with Crippen LogP contribution in [0.2, 0.25) is 0 Å². The maximum absolute atomic E-state index is 2.28. The average Bonchev–Trinajstić information content (AvgIpc) is 2.33. The van der Waals surface area contributed by atoms with Crippen LogP contribution in [0, 0.1) is 0 Å². The molecule has 1 heteroatoms. The SMILES string of the molecule is CC1=[C]([Ti])c2ccccc2C1C. The maximum atomic E-state index is 2.28. The molecule has 59 valence electrons. The second kappa shape index (κ2) is 2.86. The van der Waals surface area contributed by atoms with Crippen molar-refractivity contribution in [2.24, 2.45) is 0 Å². The van der Waals surface area contributed by atoms with Gasteiger partial charge in [0.25, 0.3) is 0 Å². The zero-order valence-corrected chi connectivity index (χ0v) is 8.95. The van der Waals surface area contributed by atoms with Gasteiger partial charge < -0.3 is 0 Å². The molecular weight excluding hydrogens is 180 g/mol. The Labute approximate surface area is 85.1 Å². The molecule has 0 N–H and O–H groups in total. The van der Waals surface area contributed by atoms with Crippen molar-refractivity contribution in [2.45, 2.75) is 19.8 Å². The molecule has 1 aliphatic rings. The molecule has 0 bridgehead atoms. The van der Waals surface area contributed by atoms with Crippen LogP contribution in [0.5, 0.6) is 0 Å². The van der Waals surface area contributed by atoms with Crippen LogP contribution in [-0.4, -0.2) is 0 Å². The molecule has 1 aliphatic carbocycles. The summed E-state index contributed by atoms with van der Waals surface area (Å²) in [7, 11) is 0. The van der Waals surface area contributed by atoms with Gasteiger partial charge in [0.2, 0.25) is 0 Å². The van der Waals surface area contributed by atoms with E-state index in [0.29, 0.717) is 5.92 Å². The van der Waals surface area contributed by atoms with Crippen molar-refractivity contribution >= 4 is 3.88 Å². The first-order valence-corrected chi connectivity index (χ1v) is 5.01. The molecule has 0 aromatic heterocycles. The molecule has 0 radical (unpaired) electrons. The van der Waals surface area contributed by atoms with Crippen molar-refractivity contribution in [1.29, 1.82) is 0 Å². The van der Waals surface area contributed by atoms with Crippen LogP contribution < -0.4 is 0 Å². The van der Waals surface area contributed by atoms with Crippen molar-refractivity contribution in [3.05, 3.63) is 41.0 Å². The Morgan fingerprint density at radius 2 is 1.92 bits per heavy atom. The van der Waals surface area contributed by atoms with Crippen LogP contribution in [0.15, 0.2) is 29.8 Å². The van der Waals surface area contributed by atoms with Crippen LogP contribution in [0.25, 0.3) is 3.88 Å². The summed E-state index contributed by atoms with van der Waals surface area (Å²) >= 11 is 2.22. The summed E-state index contributed by atoms with van der Waals surface area (Å²) in [5.74, 6) is 0.626. The summed E-state index contributed by atoms with van der Waals surface area (Å²) in [5, 5.41) is 0. The average molecular weight is 191 g/mol. The van der Waals surface area contributed by atoms with Gasteiger partial charge in [0.1, 0.15) is 0 Å². The van der Waals surface area contributed by atoms with E-state index >= 15 is 0 Å². The van der Waals surface area contributed by atoms with Gasteiger partial charge in [0.05, 0.1) is 0 Å². The molecule has 2 rings (SSSR count). The van der Waals surface area contributed by atoms with E-state index in [1.165, 1.54) is 20.6 Å². The van der Waals surface area contributed by atoms with Gasteiger partial charge in [0.15, 0.2) is 0 Å². The standard InChI is InChI=1S/C11H11.Ti/c1-8-7-10-5-3-4-6-11(10)9(8)2;/h3-6,9H,1-2H3;. The summed E-state index contributed by atoms with van der Waals surface area (Å²) < 4.78 is 1.47. The van der Waals surface area contributed by atoms with E-state index in [4.69, 9.17) is 0 Å². The number of allylic oxidation sites excluding steroid dienone is 1. The third-order valence-electron chi connectivity index (χ3n) is 2.74. The fourth-order valence-electron chi connectivity index (χ4n) is 1.76. The van der Waals surface area contributed by atoms with Gasteiger partial charge in [0, 0.05) is 0 Å². The molecule has 1 aromatic rings. The molecule has 0 saturated heterocycles. The molecule has 0 nitrogen and oxygen atoms in total. The Hall–Kier alpha value is -0.326. The van der Waals surface area contributed by atoms with E-state index < -0.39 is 0 Å². The first-order valence-electron chi connectivity index (χ1n) is 4.23. The van der Waals surface area contributed by atoms with Crippen LogP contribution in [0.3, 0.4) is 0 Å². The molecule has 1 unspecified atom stereocenters. The summed E-state index contributed by atoms with van der Waals surface area (Å²) in [6, 6.07) is 8.70. The summed E-state index contributed by atoms with van der Waals surface area (Å²) in [6.07, 6.45) is 0.